The molecule has 0 bridgehead atoms. The van der Waals surface area contributed by atoms with Gasteiger partial charge in [0.1, 0.15) is 5.75 Å². The highest BCUT2D eigenvalue weighted by Crippen LogP contribution is 2.28. The summed E-state index contributed by atoms with van der Waals surface area (Å²) in [6, 6.07) is 6.48. The van der Waals surface area contributed by atoms with Crippen LogP contribution in [0.25, 0.3) is 0 Å². The van der Waals surface area contributed by atoms with Gasteiger partial charge in [-0.1, -0.05) is 13.0 Å². The molecule has 1 aliphatic rings. The van der Waals surface area contributed by atoms with E-state index in [9.17, 15) is 0 Å². The van der Waals surface area contributed by atoms with Gasteiger partial charge in [-0.25, -0.2) is 0 Å². The van der Waals surface area contributed by atoms with Crippen LogP contribution in [0.15, 0.2) is 18.2 Å². The first kappa shape index (κ1) is 10.5. The summed E-state index contributed by atoms with van der Waals surface area (Å²) in [6.45, 7) is 4.49. The molecule has 2 heteroatoms. The summed E-state index contributed by atoms with van der Waals surface area (Å²) in [5.74, 6) is 1.67. The summed E-state index contributed by atoms with van der Waals surface area (Å²) < 4.78 is 5.26. The Labute approximate surface area is 91.6 Å². The lowest BCUT2D eigenvalue weighted by Crippen LogP contribution is -2.09. The lowest BCUT2D eigenvalue weighted by Gasteiger charge is -2.15. The van der Waals surface area contributed by atoms with Gasteiger partial charge in [0.25, 0.3) is 0 Å². The molecule has 0 amide bonds. The smallest absolute Gasteiger partial charge is 0.119 e. The lowest BCUT2D eigenvalue weighted by atomic mass is 9.92. The van der Waals surface area contributed by atoms with E-state index in [4.69, 9.17) is 4.74 Å². The SMILES string of the molecule is CCc1cc(OC)ccc1C1CCNC1. The van der Waals surface area contributed by atoms with Crippen LogP contribution in [-0.4, -0.2) is 20.2 Å². The van der Waals surface area contributed by atoms with Crippen molar-refractivity contribution in [2.45, 2.75) is 25.7 Å². The van der Waals surface area contributed by atoms with Gasteiger partial charge in [0.2, 0.25) is 0 Å². The maximum absolute atomic E-state index is 5.26. The highest BCUT2D eigenvalue weighted by molar-refractivity contribution is 5.38. The largest absolute Gasteiger partial charge is 0.497 e. The summed E-state index contributed by atoms with van der Waals surface area (Å²) in [5.41, 5.74) is 2.94. The minimum Gasteiger partial charge on any atom is -0.497 e. The van der Waals surface area contributed by atoms with Gasteiger partial charge in [-0.2, -0.15) is 0 Å². The van der Waals surface area contributed by atoms with Crippen molar-refractivity contribution >= 4 is 0 Å². The van der Waals surface area contributed by atoms with Gasteiger partial charge in [0, 0.05) is 6.54 Å². The van der Waals surface area contributed by atoms with E-state index in [0.29, 0.717) is 5.92 Å². The fourth-order valence-corrected chi connectivity index (χ4v) is 2.33. The van der Waals surface area contributed by atoms with Gasteiger partial charge < -0.3 is 10.1 Å². The molecule has 15 heavy (non-hydrogen) atoms. The molecule has 0 radical (unpaired) electrons. The third-order valence-electron chi connectivity index (χ3n) is 3.23. The maximum Gasteiger partial charge on any atom is 0.119 e. The highest BCUT2D eigenvalue weighted by atomic mass is 16.5. The van der Waals surface area contributed by atoms with Crippen molar-refractivity contribution < 1.29 is 4.74 Å². The third-order valence-corrected chi connectivity index (χ3v) is 3.23. The standard InChI is InChI=1S/C13H19NO/c1-3-10-8-12(15-2)4-5-13(10)11-6-7-14-9-11/h4-5,8,11,14H,3,6-7,9H2,1-2H3. The number of aryl methyl sites for hydroxylation is 1. The number of methoxy groups -OCH3 is 1. The first-order chi connectivity index (χ1) is 7.35. The molecule has 2 nitrogen and oxygen atoms in total. The maximum atomic E-state index is 5.26. The first-order valence-corrected chi connectivity index (χ1v) is 5.72. The van der Waals surface area contributed by atoms with Crippen LogP contribution in [0, 0.1) is 0 Å². The Hall–Kier alpha value is -1.02. The van der Waals surface area contributed by atoms with Gasteiger partial charge >= 0.3 is 0 Å². The Morgan fingerprint density at radius 2 is 2.33 bits per heavy atom. The molecule has 1 unspecified atom stereocenters. The fourth-order valence-electron chi connectivity index (χ4n) is 2.33. The van der Waals surface area contributed by atoms with Crippen molar-refractivity contribution in [2.24, 2.45) is 0 Å². The number of ether oxygens (including phenoxy) is 1. The van der Waals surface area contributed by atoms with E-state index in [-0.39, 0.29) is 0 Å². The predicted molar refractivity (Wildman–Crippen MR) is 62.6 cm³/mol. The highest BCUT2D eigenvalue weighted by Gasteiger charge is 2.18. The van der Waals surface area contributed by atoms with Gasteiger partial charge in [-0.3, -0.25) is 0 Å². The molecule has 0 spiro atoms. The van der Waals surface area contributed by atoms with E-state index < -0.39 is 0 Å². The molecule has 1 aromatic carbocycles. The van der Waals surface area contributed by atoms with Gasteiger partial charge in [-0.15, -0.1) is 0 Å². The van der Waals surface area contributed by atoms with E-state index in [1.165, 1.54) is 17.5 Å². The van der Waals surface area contributed by atoms with Crippen molar-refractivity contribution in [3.8, 4) is 5.75 Å². The molecule has 1 fully saturated rings. The average molecular weight is 205 g/mol. The van der Waals surface area contributed by atoms with Crippen molar-refractivity contribution in [1.82, 2.24) is 5.32 Å². The van der Waals surface area contributed by atoms with Crippen LogP contribution in [0.3, 0.4) is 0 Å². The molecule has 82 valence electrons. The predicted octanol–water partition coefficient (Wildman–Crippen LogP) is 2.33. The molecule has 1 saturated heterocycles. The Bertz CT molecular complexity index is 329. The molecule has 0 saturated carbocycles. The average Bonchev–Trinajstić information content (AvgIpc) is 2.81. The zero-order chi connectivity index (χ0) is 10.7. The third kappa shape index (κ3) is 2.15. The molecule has 1 N–H and O–H groups in total. The number of hydrogen-bond donors (Lipinski definition) is 1. The van der Waals surface area contributed by atoms with E-state index in [1.807, 2.05) is 0 Å². The second kappa shape index (κ2) is 4.67. The molecule has 1 heterocycles. The Morgan fingerprint density at radius 1 is 1.47 bits per heavy atom. The van der Waals surface area contributed by atoms with Gasteiger partial charge in [0.05, 0.1) is 7.11 Å². The van der Waals surface area contributed by atoms with Crippen LogP contribution in [0.5, 0.6) is 5.75 Å². The molecule has 1 aromatic rings. The van der Waals surface area contributed by atoms with E-state index in [2.05, 4.69) is 30.4 Å². The number of hydrogen-bond acceptors (Lipinski definition) is 2. The Balaban J connectivity index is 2.29. The zero-order valence-corrected chi connectivity index (χ0v) is 9.55. The number of rotatable bonds is 3. The van der Waals surface area contributed by atoms with Crippen LogP contribution in [0.4, 0.5) is 0 Å². The molecule has 2 rings (SSSR count). The minimum atomic E-state index is 0.700. The van der Waals surface area contributed by atoms with E-state index >= 15 is 0 Å². The minimum absolute atomic E-state index is 0.700. The van der Waals surface area contributed by atoms with Crippen molar-refractivity contribution in [2.75, 3.05) is 20.2 Å². The topological polar surface area (TPSA) is 21.3 Å². The Kier molecular flexibility index (Phi) is 3.27. The summed E-state index contributed by atoms with van der Waals surface area (Å²) in [4.78, 5) is 0. The van der Waals surface area contributed by atoms with Crippen LogP contribution in [-0.2, 0) is 6.42 Å². The monoisotopic (exact) mass is 205 g/mol. The van der Waals surface area contributed by atoms with Crippen molar-refractivity contribution in [3.05, 3.63) is 29.3 Å². The molecular weight excluding hydrogens is 186 g/mol. The molecule has 0 aromatic heterocycles. The van der Waals surface area contributed by atoms with Gasteiger partial charge in [0.15, 0.2) is 0 Å². The molecule has 0 aliphatic carbocycles. The van der Waals surface area contributed by atoms with Crippen LogP contribution >= 0.6 is 0 Å². The summed E-state index contributed by atoms with van der Waals surface area (Å²) in [6.07, 6.45) is 2.35. The summed E-state index contributed by atoms with van der Waals surface area (Å²) >= 11 is 0. The first-order valence-electron chi connectivity index (χ1n) is 5.72. The van der Waals surface area contributed by atoms with Gasteiger partial charge in [-0.05, 0) is 48.6 Å². The van der Waals surface area contributed by atoms with Crippen LogP contribution < -0.4 is 10.1 Å². The van der Waals surface area contributed by atoms with Crippen LogP contribution in [0.1, 0.15) is 30.4 Å². The summed E-state index contributed by atoms with van der Waals surface area (Å²) in [7, 11) is 1.73. The number of nitrogens with one attached hydrogen (secondary N) is 1. The zero-order valence-electron chi connectivity index (χ0n) is 9.55. The second-order valence-corrected chi connectivity index (χ2v) is 4.11. The normalized spacial score (nSPS) is 20.5. The second-order valence-electron chi connectivity index (χ2n) is 4.11. The molecule has 1 aliphatic heterocycles. The van der Waals surface area contributed by atoms with E-state index in [0.717, 1.165) is 25.3 Å². The molecular formula is C13H19NO. The van der Waals surface area contributed by atoms with Crippen LogP contribution in [0.2, 0.25) is 0 Å². The van der Waals surface area contributed by atoms with E-state index in [1.54, 1.807) is 7.11 Å². The van der Waals surface area contributed by atoms with Crippen molar-refractivity contribution in [3.63, 3.8) is 0 Å². The fraction of sp³-hybridized carbons (Fsp3) is 0.538. The van der Waals surface area contributed by atoms with Crippen molar-refractivity contribution in [1.29, 1.82) is 0 Å². The Morgan fingerprint density at radius 3 is 2.93 bits per heavy atom. The number of benzene rings is 1. The summed E-state index contributed by atoms with van der Waals surface area (Å²) in [5, 5.41) is 3.42. The molecule has 1 atom stereocenters. The lowest BCUT2D eigenvalue weighted by molar-refractivity contribution is 0.414. The quantitative estimate of drug-likeness (QED) is 0.817.